The molecule has 0 spiro atoms. The first kappa shape index (κ1) is 14.6. The molecule has 21 heavy (non-hydrogen) atoms. The number of halogens is 1. The van der Waals surface area contributed by atoms with Crippen LogP contribution in [0.2, 0.25) is 5.02 Å². The molecule has 1 fully saturated rings. The Kier molecular flexibility index (Phi) is 4.29. The normalized spacial score (nSPS) is 16.4. The van der Waals surface area contributed by atoms with Crippen molar-refractivity contribution in [1.29, 1.82) is 0 Å². The molecular formula is C16H21ClN4. The van der Waals surface area contributed by atoms with E-state index in [9.17, 15) is 0 Å². The fourth-order valence-corrected chi connectivity index (χ4v) is 2.96. The Morgan fingerprint density at radius 3 is 2.86 bits per heavy atom. The monoisotopic (exact) mass is 304 g/mol. The predicted molar refractivity (Wildman–Crippen MR) is 85.2 cm³/mol. The first-order valence-electron chi connectivity index (χ1n) is 7.36. The van der Waals surface area contributed by atoms with Crippen LogP contribution in [0.15, 0.2) is 36.8 Å². The zero-order valence-corrected chi connectivity index (χ0v) is 13.0. The van der Waals surface area contributed by atoms with Gasteiger partial charge in [-0.2, -0.15) is 0 Å². The Labute approximate surface area is 130 Å². The molecule has 4 nitrogen and oxygen atoms in total. The van der Waals surface area contributed by atoms with Crippen LogP contribution in [0.5, 0.6) is 0 Å². The lowest BCUT2D eigenvalue weighted by Crippen LogP contribution is -2.31. The molecule has 112 valence electrons. The standard InChI is InChI=1S/C16H21ClN4/c1-20(10-12-4-2-3-5-14(12)17)15(8-18)16-9-19-11-21(16)13-6-7-13/h2-5,9,11,13,15H,6-8,10,18H2,1H3. The third kappa shape index (κ3) is 3.12. The number of benzene rings is 1. The Morgan fingerprint density at radius 1 is 1.43 bits per heavy atom. The second-order valence-electron chi connectivity index (χ2n) is 5.71. The van der Waals surface area contributed by atoms with Gasteiger partial charge in [0.15, 0.2) is 0 Å². The van der Waals surface area contributed by atoms with Gasteiger partial charge in [-0.3, -0.25) is 4.90 Å². The Balaban J connectivity index is 1.79. The van der Waals surface area contributed by atoms with Crippen molar-refractivity contribution >= 4 is 11.6 Å². The molecule has 1 aromatic heterocycles. The van der Waals surface area contributed by atoms with Gasteiger partial charge >= 0.3 is 0 Å². The summed E-state index contributed by atoms with van der Waals surface area (Å²) in [5.41, 5.74) is 8.36. The van der Waals surface area contributed by atoms with E-state index < -0.39 is 0 Å². The molecule has 0 bridgehead atoms. The van der Waals surface area contributed by atoms with Crippen LogP contribution in [0.25, 0.3) is 0 Å². The molecular weight excluding hydrogens is 284 g/mol. The van der Waals surface area contributed by atoms with Crippen LogP contribution in [-0.4, -0.2) is 28.0 Å². The molecule has 2 aromatic rings. The fourth-order valence-electron chi connectivity index (χ4n) is 2.76. The van der Waals surface area contributed by atoms with Crippen LogP contribution in [0.4, 0.5) is 0 Å². The topological polar surface area (TPSA) is 47.1 Å². The van der Waals surface area contributed by atoms with Crippen LogP contribution in [-0.2, 0) is 6.54 Å². The lowest BCUT2D eigenvalue weighted by Gasteiger charge is -2.28. The van der Waals surface area contributed by atoms with Gasteiger partial charge in [-0.05, 0) is 31.5 Å². The maximum atomic E-state index is 6.26. The largest absolute Gasteiger partial charge is 0.330 e. The molecule has 1 heterocycles. The minimum atomic E-state index is 0.157. The van der Waals surface area contributed by atoms with Gasteiger partial charge in [0.05, 0.1) is 18.1 Å². The molecule has 0 amide bonds. The highest BCUT2D eigenvalue weighted by molar-refractivity contribution is 6.31. The highest BCUT2D eigenvalue weighted by atomic mass is 35.5. The van der Waals surface area contributed by atoms with E-state index in [2.05, 4.69) is 27.6 Å². The van der Waals surface area contributed by atoms with Crippen LogP contribution < -0.4 is 5.73 Å². The van der Waals surface area contributed by atoms with Crippen LogP contribution >= 0.6 is 11.6 Å². The Hall–Kier alpha value is -1.36. The lowest BCUT2D eigenvalue weighted by molar-refractivity contribution is 0.232. The smallest absolute Gasteiger partial charge is 0.0951 e. The Morgan fingerprint density at radius 2 is 2.19 bits per heavy atom. The molecule has 0 radical (unpaired) electrons. The molecule has 1 aliphatic carbocycles. The van der Waals surface area contributed by atoms with Crippen molar-refractivity contribution in [2.24, 2.45) is 5.73 Å². The van der Waals surface area contributed by atoms with Gasteiger partial charge in [0.25, 0.3) is 0 Å². The first-order valence-corrected chi connectivity index (χ1v) is 7.74. The number of nitrogens with zero attached hydrogens (tertiary/aromatic N) is 3. The van der Waals surface area contributed by atoms with Gasteiger partial charge in [0, 0.05) is 30.4 Å². The van der Waals surface area contributed by atoms with Crippen molar-refractivity contribution in [1.82, 2.24) is 14.5 Å². The third-order valence-electron chi connectivity index (χ3n) is 4.11. The second-order valence-corrected chi connectivity index (χ2v) is 6.12. The maximum Gasteiger partial charge on any atom is 0.0951 e. The average Bonchev–Trinajstić information content (AvgIpc) is 3.22. The van der Waals surface area contributed by atoms with Gasteiger partial charge in [-0.1, -0.05) is 29.8 Å². The van der Waals surface area contributed by atoms with Gasteiger partial charge in [-0.25, -0.2) is 4.98 Å². The van der Waals surface area contributed by atoms with Crippen molar-refractivity contribution in [2.45, 2.75) is 31.5 Å². The van der Waals surface area contributed by atoms with E-state index in [1.807, 2.05) is 30.7 Å². The van der Waals surface area contributed by atoms with E-state index >= 15 is 0 Å². The molecule has 5 heteroatoms. The van der Waals surface area contributed by atoms with Crippen LogP contribution in [0.1, 0.15) is 36.2 Å². The number of imidazole rings is 1. The molecule has 1 saturated carbocycles. The predicted octanol–water partition coefficient (Wildman–Crippen LogP) is 3.00. The molecule has 0 aliphatic heterocycles. The van der Waals surface area contributed by atoms with E-state index in [0.717, 1.165) is 17.1 Å². The Bertz CT molecular complexity index is 606. The maximum absolute atomic E-state index is 6.26. The molecule has 3 rings (SSSR count). The molecule has 1 aliphatic rings. The lowest BCUT2D eigenvalue weighted by atomic mass is 10.1. The van der Waals surface area contributed by atoms with Crippen molar-refractivity contribution in [3.05, 3.63) is 53.1 Å². The zero-order valence-electron chi connectivity index (χ0n) is 12.2. The van der Waals surface area contributed by atoms with Crippen molar-refractivity contribution < 1.29 is 0 Å². The summed E-state index contributed by atoms with van der Waals surface area (Å²) in [5, 5.41) is 0.802. The summed E-state index contributed by atoms with van der Waals surface area (Å²) in [7, 11) is 2.09. The fraction of sp³-hybridized carbons (Fsp3) is 0.438. The number of hydrogen-bond donors (Lipinski definition) is 1. The van der Waals surface area contributed by atoms with Crippen molar-refractivity contribution in [3.8, 4) is 0 Å². The molecule has 1 atom stereocenters. The molecule has 1 unspecified atom stereocenters. The van der Waals surface area contributed by atoms with E-state index in [-0.39, 0.29) is 6.04 Å². The van der Waals surface area contributed by atoms with Gasteiger partial charge in [-0.15, -0.1) is 0 Å². The highest BCUT2D eigenvalue weighted by Crippen LogP contribution is 2.37. The molecule has 1 aromatic carbocycles. The number of rotatable bonds is 6. The number of likely N-dealkylation sites (N-methyl/N-ethyl adjacent to an activating group) is 1. The number of nitrogens with two attached hydrogens (primary N) is 1. The van der Waals surface area contributed by atoms with Gasteiger partial charge in [0.1, 0.15) is 0 Å². The minimum Gasteiger partial charge on any atom is -0.330 e. The van der Waals surface area contributed by atoms with Crippen LogP contribution in [0.3, 0.4) is 0 Å². The van der Waals surface area contributed by atoms with Crippen molar-refractivity contribution in [2.75, 3.05) is 13.6 Å². The van der Waals surface area contributed by atoms with Crippen LogP contribution in [0, 0.1) is 0 Å². The summed E-state index contributed by atoms with van der Waals surface area (Å²) in [6.07, 6.45) is 6.36. The third-order valence-corrected chi connectivity index (χ3v) is 4.48. The minimum absolute atomic E-state index is 0.157. The first-order chi connectivity index (χ1) is 10.2. The second kappa shape index (κ2) is 6.18. The summed E-state index contributed by atoms with van der Waals surface area (Å²) < 4.78 is 2.28. The quantitative estimate of drug-likeness (QED) is 0.892. The molecule has 0 saturated heterocycles. The summed E-state index contributed by atoms with van der Waals surface area (Å²) >= 11 is 6.26. The number of hydrogen-bond acceptors (Lipinski definition) is 3. The summed E-state index contributed by atoms with van der Waals surface area (Å²) in [5.74, 6) is 0. The SMILES string of the molecule is CN(Cc1ccccc1Cl)C(CN)c1cncn1C1CC1. The van der Waals surface area contributed by atoms with Gasteiger partial charge in [0.2, 0.25) is 0 Å². The number of aromatic nitrogens is 2. The summed E-state index contributed by atoms with van der Waals surface area (Å²) in [4.78, 5) is 6.56. The zero-order chi connectivity index (χ0) is 14.8. The average molecular weight is 305 g/mol. The van der Waals surface area contributed by atoms with E-state index in [1.165, 1.54) is 18.5 Å². The highest BCUT2D eigenvalue weighted by Gasteiger charge is 2.29. The van der Waals surface area contributed by atoms with Gasteiger partial charge < -0.3 is 10.3 Å². The summed E-state index contributed by atoms with van der Waals surface area (Å²) in [6, 6.07) is 8.73. The summed E-state index contributed by atoms with van der Waals surface area (Å²) in [6.45, 7) is 1.34. The van der Waals surface area contributed by atoms with Crippen molar-refractivity contribution in [3.63, 3.8) is 0 Å². The van der Waals surface area contributed by atoms with E-state index in [0.29, 0.717) is 12.6 Å². The van der Waals surface area contributed by atoms with E-state index in [1.54, 1.807) is 0 Å². The molecule has 2 N–H and O–H groups in total. The van der Waals surface area contributed by atoms with E-state index in [4.69, 9.17) is 17.3 Å².